The predicted molar refractivity (Wildman–Crippen MR) is 94.6 cm³/mol. The number of benzene rings is 1. The van der Waals surface area contributed by atoms with Gasteiger partial charge in [0.05, 0.1) is 12.2 Å². The van der Waals surface area contributed by atoms with Crippen molar-refractivity contribution in [3.05, 3.63) is 35.4 Å². The molecule has 0 aromatic heterocycles. The standard InChI is InChI=1S/C16H29NO2Si2/c1-8-19-16(18)15-11-9-14(10-12-15)13-17(20(2,3)4)21(5,6)7/h9-12H,8,13H2,1-7H3. The molecule has 0 heterocycles. The van der Waals surface area contributed by atoms with Crippen molar-refractivity contribution in [1.29, 1.82) is 0 Å². The van der Waals surface area contributed by atoms with Gasteiger partial charge in [0.15, 0.2) is 0 Å². The molecule has 0 unspecified atom stereocenters. The largest absolute Gasteiger partial charge is 0.462 e. The van der Waals surface area contributed by atoms with Gasteiger partial charge in [-0.15, -0.1) is 0 Å². The minimum Gasteiger partial charge on any atom is -0.462 e. The van der Waals surface area contributed by atoms with Crippen LogP contribution in [0.15, 0.2) is 24.3 Å². The lowest BCUT2D eigenvalue weighted by atomic mass is 10.1. The number of carbonyl (C=O) groups excluding carboxylic acids is 1. The third-order valence-corrected chi connectivity index (χ3v) is 11.0. The Kier molecular flexibility index (Phi) is 5.95. The van der Waals surface area contributed by atoms with Gasteiger partial charge in [-0.3, -0.25) is 0 Å². The van der Waals surface area contributed by atoms with Gasteiger partial charge in [0.25, 0.3) is 0 Å². The molecule has 0 aliphatic heterocycles. The minimum atomic E-state index is -1.35. The molecule has 0 saturated heterocycles. The molecule has 0 amide bonds. The molecule has 3 nitrogen and oxygen atoms in total. The van der Waals surface area contributed by atoms with E-state index in [2.05, 4.69) is 55.6 Å². The number of hydrogen-bond acceptors (Lipinski definition) is 3. The van der Waals surface area contributed by atoms with E-state index in [4.69, 9.17) is 4.74 Å². The van der Waals surface area contributed by atoms with Gasteiger partial charge in [0.2, 0.25) is 0 Å². The van der Waals surface area contributed by atoms with Gasteiger partial charge < -0.3 is 8.97 Å². The Morgan fingerprint density at radius 2 is 1.48 bits per heavy atom. The van der Waals surface area contributed by atoms with Crippen molar-refractivity contribution >= 4 is 22.4 Å². The average molecular weight is 324 g/mol. The summed E-state index contributed by atoms with van der Waals surface area (Å²) in [6, 6.07) is 7.86. The van der Waals surface area contributed by atoms with Gasteiger partial charge in [-0.1, -0.05) is 51.4 Å². The van der Waals surface area contributed by atoms with Crippen LogP contribution >= 0.6 is 0 Å². The molecular formula is C16H29NO2Si2. The van der Waals surface area contributed by atoms with E-state index in [0.29, 0.717) is 12.2 Å². The van der Waals surface area contributed by atoms with E-state index < -0.39 is 16.5 Å². The van der Waals surface area contributed by atoms with Crippen LogP contribution in [0.5, 0.6) is 0 Å². The molecule has 1 aromatic carbocycles. The Hall–Kier alpha value is -0.916. The fourth-order valence-electron chi connectivity index (χ4n) is 2.62. The Bertz CT molecular complexity index is 459. The van der Waals surface area contributed by atoms with Crippen LogP contribution in [0.2, 0.25) is 39.3 Å². The van der Waals surface area contributed by atoms with Crippen molar-refractivity contribution in [1.82, 2.24) is 4.23 Å². The monoisotopic (exact) mass is 323 g/mol. The van der Waals surface area contributed by atoms with Gasteiger partial charge in [-0.05, 0) is 24.6 Å². The maximum Gasteiger partial charge on any atom is 0.338 e. The molecule has 0 atom stereocenters. The van der Waals surface area contributed by atoms with Crippen LogP contribution in [-0.4, -0.2) is 33.3 Å². The Balaban J connectivity index is 2.89. The predicted octanol–water partition coefficient (Wildman–Crippen LogP) is 4.34. The van der Waals surface area contributed by atoms with Crippen molar-refractivity contribution < 1.29 is 9.53 Å². The summed E-state index contributed by atoms with van der Waals surface area (Å²) in [4.78, 5) is 11.7. The lowest BCUT2D eigenvalue weighted by Crippen LogP contribution is -2.58. The summed E-state index contributed by atoms with van der Waals surface area (Å²) in [6.45, 7) is 17.6. The first kappa shape index (κ1) is 18.1. The molecule has 1 rings (SSSR count). The molecule has 0 aliphatic rings. The maximum absolute atomic E-state index is 11.7. The highest BCUT2D eigenvalue weighted by Gasteiger charge is 2.34. The highest BCUT2D eigenvalue weighted by atomic mass is 28.4. The molecule has 0 bridgehead atoms. The lowest BCUT2D eigenvalue weighted by molar-refractivity contribution is 0.0526. The van der Waals surface area contributed by atoms with E-state index in [0.717, 1.165) is 6.54 Å². The smallest absolute Gasteiger partial charge is 0.338 e. The van der Waals surface area contributed by atoms with Crippen LogP contribution in [0.25, 0.3) is 0 Å². The van der Waals surface area contributed by atoms with E-state index in [1.54, 1.807) is 0 Å². The number of carbonyl (C=O) groups is 1. The topological polar surface area (TPSA) is 29.5 Å². The summed E-state index contributed by atoms with van der Waals surface area (Å²) in [7, 11) is -2.70. The molecule has 0 N–H and O–H groups in total. The zero-order valence-corrected chi connectivity index (χ0v) is 16.5. The highest BCUT2D eigenvalue weighted by molar-refractivity contribution is 6.89. The average Bonchev–Trinajstić information content (AvgIpc) is 2.34. The number of ether oxygens (including phenoxy) is 1. The van der Waals surface area contributed by atoms with Gasteiger partial charge in [-0.25, -0.2) is 4.79 Å². The number of hydrogen-bond donors (Lipinski definition) is 0. The SMILES string of the molecule is CCOC(=O)c1ccc(CN([Si](C)(C)C)[Si](C)(C)C)cc1. The molecule has 1 aromatic rings. The number of nitrogens with zero attached hydrogens (tertiary/aromatic N) is 1. The summed E-state index contributed by atoms with van der Waals surface area (Å²) < 4.78 is 7.76. The van der Waals surface area contributed by atoms with Crippen molar-refractivity contribution in [2.24, 2.45) is 0 Å². The Morgan fingerprint density at radius 1 is 1.00 bits per heavy atom. The van der Waals surface area contributed by atoms with Crippen LogP contribution in [0.3, 0.4) is 0 Å². The molecule has 5 heteroatoms. The maximum atomic E-state index is 11.7. The molecular weight excluding hydrogens is 294 g/mol. The lowest BCUT2D eigenvalue weighted by Gasteiger charge is -2.43. The fraction of sp³-hybridized carbons (Fsp3) is 0.562. The van der Waals surface area contributed by atoms with Crippen LogP contribution in [-0.2, 0) is 11.3 Å². The van der Waals surface area contributed by atoms with E-state index in [9.17, 15) is 4.79 Å². The zero-order chi connectivity index (χ0) is 16.3. The summed E-state index contributed by atoms with van der Waals surface area (Å²) in [5.74, 6) is -0.240. The first-order valence-electron chi connectivity index (χ1n) is 7.59. The second-order valence-electron chi connectivity index (χ2n) is 7.35. The minimum absolute atomic E-state index is 0.240. The Morgan fingerprint density at radius 3 is 1.86 bits per heavy atom. The van der Waals surface area contributed by atoms with Gasteiger partial charge in [-0.2, -0.15) is 0 Å². The second-order valence-corrected chi connectivity index (χ2v) is 17.6. The third kappa shape index (κ3) is 5.41. The van der Waals surface area contributed by atoms with Crippen molar-refractivity contribution in [2.75, 3.05) is 6.61 Å². The fourth-order valence-corrected chi connectivity index (χ4v) is 12.0. The van der Waals surface area contributed by atoms with Crippen LogP contribution < -0.4 is 0 Å². The van der Waals surface area contributed by atoms with Crippen molar-refractivity contribution in [2.45, 2.75) is 52.8 Å². The summed E-state index contributed by atoms with van der Waals surface area (Å²) >= 11 is 0. The van der Waals surface area contributed by atoms with Crippen LogP contribution in [0, 0.1) is 0 Å². The van der Waals surface area contributed by atoms with Crippen molar-refractivity contribution in [3.63, 3.8) is 0 Å². The molecule has 21 heavy (non-hydrogen) atoms. The van der Waals surface area contributed by atoms with E-state index in [1.807, 2.05) is 19.1 Å². The third-order valence-electron chi connectivity index (χ3n) is 3.43. The van der Waals surface area contributed by atoms with Gasteiger partial charge in [0.1, 0.15) is 16.5 Å². The number of rotatable bonds is 6. The normalized spacial score (nSPS) is 12.6. The molecule has 0 spiro atoms. The second kappa shape index (κ2) is 6.90. The van der Waals surface area contributed by atoms with Crippen molar-refractivity contribution in [3.8, 4) is 0 Å². The van der Waals surface area contributed by atoms with E-state index in [-0.39, 0.29) is 5.97 Å². The molecule has 118 valence electrons. The summed E-state index contributed by atoms with van der Waals surface area (Å²) in [6.07, 6.45) is 0. The first-order valence-corrected chi connectivity index (χ1v) is 14.5. The molecule has 0 aliphatic carbocycles. The molecule has 0 saturated carbocycles. The van der Waals surface area contributed by atoms with Gasteiger partial charge >= 0.3 is 5.97 Å². The van der Waals surface area contributed by atoms with Crippen LogP contribution in [0.1, 0.15) is 22.8 Å². The van der Waals surface area contributed by atoms with E-state index in [1.165, 1.54) is 5.56 Å². The quantitative estimate of drug-likeness (QED) is 0.576. The summed E-state index contributed by atoms with van der Waals surface area (Å²) in [5, 5.41) is 0. The summed E-state index contributed by atoms with van der Waals surface area (Å²) in [5.41, 5.74) is 1.90. The Labute approximate surface area is 131 Å². The highest BCUT2D eigenvalue weighted by Crippen LogP contribution is 2.23. The zero-order valence-electron chi connectivity index (χ0n) is 14.5. The number of esters is 1. The van der Waals surface area contributed by atoms with Gasteiger partial charge in [0, 0.05) is 6.54 Å². The molecule has 0 radical (unpaired) electrons. The van der Waals surface area contributed by atoms with Crippen LogP contribution in [0.4, 0.5) is 0 Å². The first-order chi connectivity index (χ1) is 9.55. The molecule has 0 fully saturated rings. The van der Waals surface area contributed by atoms with E-state index >= 15 is 0 Å².